The molecule has 0 unspecified atom stereocenters. The van der Waals surface area contributed by atoms with Crippen molar-refractivity contribution in [2.45, 2.75) is 46.6 Å². The summed E-state index contributed by atoms with van der Waals surface area (Å²) in [6.07, 6.45) is 0.386. The van der Waals surface area contributed by atoms with E-state index < -0.39 is 0 Å². The summed E-state index contributed by atoms with van der Waals surface area (Å²) in [7, 11) is 0. The topological polar surface area (TPSA) is 82.9 Å². The summed E-state index contributed by atoms with van der Waals surface area (Å²) in [4.78, 5) is 26.4. The summed E-state index contributed by atoms with van der Waals surface area (Å²) in [5, 5.41) is 7.26. The highest BCUT2D eigenvalue weighted by Crippen LogP contribution is 2.21. The first kappa shape index (κ1) is 23.1. The van der Waals surface area contributed by atoms with Gasteiger partial charge in [-0.1, -0.05) is 37.6 Å². The number of anilines is 1. The number of amides is 1. The molecule has 0 aliphatic carbocycles. The van der Waals surface area contributed by atoms with Crippen LogP contribution >= 0.6 is 12.2 Å². The Hall–Kier alpha value is -3.07. The van der Waals surface area contributed by atoms with E-state index in [1.54, 1.807) is 0 Å². The molecule has 1 saturated heterocycles. The van der Waals surface area contributed by atoms with Gasteiger partial charge in [0.1, 0.15) is 11.6 Å². The third-order valence-electron chi connectivity index (χ3n) is 5.91. The lowest BCUT2D eigenvalue weighted by molar-refractivity contribution is -0.131. The Morgan fingerprint density at radius 1 is 1.12 bits per heavy atom. The second kappa shape index (κ2) is 9.82. The molecule has 8 nitrogen and oxygen atoms in total. The SMILES string of the molecule is Cc1cccc(-c2n[nH]c(=S)n2CCC(=O)N2CCN(c3cc(C)nc(C(C)C)n3)CC2)c1. The van der Waals surface area contributed by atoms with E-state index in [4.69, 9.17) is 17.2 Å². The lowest BCUT2D eigenvalue weighted by Crippen LogP contribution is -2.49. The number of aryl methyl sites for hydroxylation is 2. The van der Waals surface area contributed by atoms with E-state index >= 15 is 0 Å². The number of hydrogen-bond donors (Lipinski definition) is 1. The Labute approximate surface area is 199 Å². The van der Waals surface area contributed by atoms with Crippen LogP contribution < -0.4 is 4.90 Å². The first-order chi connectivity index (χ1) is 15.8. The number of aromatic nitrogens is 5. The van der Waals surface area contributed by atoms with Crippen molar-refractivity contribution >= 4 is 23.9 Å². The Morgan fingerprint density at radius 3 is 2.58 bits per heavy atom. The van der Waals surface area contributed by atoms with Crippen molar-refractivity contribution in [2.24, 2.45) is 0 Å². The predicted molar refractivity (Wildman–Crippen MR) is 132 cm³/mol. The fourth-order valence-corrected chi connectivity index (χ4v) is 4.30. The highest BCUT2D eigenvalue weighted by Gasteiger charge is 2.23. The molecule has 0 spiro atoms. The van der Waals surface area contributed by atoms with Crippen LogP contribution in [0.15, 0.2) is 30.3 Å². The number of nitrogens with one attached hydrogen (secondary N) is 1. The molecule has 4 rings (SSSR count). The van der Waals surface area contributed by atoms with Crippen LogP contribution in [0.5, 0.6) is 0 Å². The molecule has 174 valence electrons. The summed E-state index contributed by atoms with van der Waals surface area (Å²) in [5.41, 5.74) is 3.12. The van der Waals surface area contributed by atoms with Crippen molar-refractivity contribution in [3.63, 3.8) is 0 Å². The predicted octanol–water partition coefficient (Wildman–Crippen LogP) is 3.88. The highest BCUT2D eigenvalue weighted by atomic mass is 32.1. The maximum Gasteiger partial charge on any atom is 0.224 e. The maximum absolute atomic E-state index is 13.0. The number of piperazine rings is 1. The van der Waals surface area contributed by atoms with Gasteiger partial charge in [0.05, 0.1) is 0 Å². The minimum Gasteiger partial charge on any atom is -0.353 e. The standard InChI is InChI=1S/C24H31N7OS/c1-16(2)22-25-18(4)15-20(26-22)29-10-12-30(13-11-29)21(32)8-9-31-23(27-28-24(31)33)19-7-5-6-17(3)14-19/h5-7,14-16H,8-13H2,1-4H3,(H,28,33). The molecular weight excluding hydrogens is 434 g/mol. The van der Waals surface area contributed by atoms with Gasteiger partial charge in [-0.2, -0.15) is 5.10 Å². The largest absolute Gasteiger partial charge is 0.353 e. The van der Waals surface area contributed by atoms with Gasteiger partial charge in [0, 0.05) is 62.4 Å². The molecule has 0 saturated carbocycles. The van der Waals surface area contributed by atoms with Crippen LogP contribution in [0.4, 0.5) is 5.82 Å². The van der Waals surface area contributed by atoms with Crippen molar-refractivity contribution in [1.82, 2.24) is 29.6 Å². The summed E-state index contributed by atoms with van der Waals surface area (Å²) < 4.78 is 2.44. The van der Waals surface area contributed by atoms with Crippen molar-refractivity contribution in [2.75, 3.05) is 31.1 Å². The zero-order valence-corrected chi connectivity index (χ0v) is 20.5. The number of aromatic amines is 1. The van der Waals surface area contributed by atoms with Gasteiger partial charge >= 0.3 is 0 Å². The molecule has 2 aromatic heterocycles. The van der Waals surface area contributed by atoms with E-state index in [2.05, 4.69) is 40.0 Å². The van der Waals surface area contributed by atoms with E-state index in [9.17, 15) is 4.79 Å². The molecule has 1 fully saturated rings. The van der Waals surface area contributed by atoms with Crippen molar-refractivity contribution in [3.8, 4) is 11.4 Å². The number of carbonyl (C=O) groups is 1. The fraction of sp³-hybridized carbons (Fsp3) is 0.458. The van der Waals surface area contributed by atoms with Crippen LogP contribution in [0.25, 0.3) is 11.4 Å². The molecule has 1 aliphatic rings. The minimum absolute atomic E-state index is 0.134. The highest BCUT2D eigenvalue weighted by molar-refractivity contribution is 7.71. The lowest BCUT2D eigenvalue weighted by Gasteiger charge is -2.35. The third kappa shape index (κ3) is 5.30. The second-order valence-electron chi connectivity index (χ2n) is 8.87. The number of hydrogen-bond acceptors (Lipinski definition) is 6. The summed E-state index contributed by atoms with van der Waals surface area (Å²) in [6, 6.07) is 10.2. The molecule has 9 heteroatoms. The summed E-state index contributed by atoms with van der Waals surface area (Å²) in [5.74, 6) is 3.00. The Morgan fingerprint density at radius 2 is 1.88 bits per heavy atom. The Kier molecular flexibility index (Phi) is 6.88. The zero-order chi connectivity index (χ0) is 23.5. The van der Waals surface area contributed by atoms with E-state index in [0.29, 0.717) is 30.8 Å². The molecule has 0 bridgehead atoms. The number of nitrogens with zero attached hydrogens (tertiary/aromatic N) is 6. The Balaban J connectivity index is 1.37. The van der Waals surface area contributed by atoms with E-state index in [1.165, 1.54) is 0 Å². The summed E-state index contributed by atoms with van der Waals surface area (Å²) >= 11 is 5.42. The van der Waals surface area contributed by atoms with Gasteiger partial charge in [0.15, 0.2) is 10.6 Å². The molecule has 33 heavy (non-hydrogen) atoms. The molecule has 1 N–H and O–H groups in total. The maximum atomic E-state index is 13.0. The molecule has 3 aromatic rings. The van der Waals surface area contributed by atoms with Crippen LogP contribution in [-0.2, 0) is 11.3 Å². The van der Waals surface area contributed by atoms with Gasteiger partial charge < -0.3 is 9.80 Å². The quantitative estimate of drug-likeness (QED) is 0.557. The van der Waals surface area contributed by atoms with Gasteiger partial charge in [0.25, 0.3) is 0 Å². The van der Waals surface area contributed by atoms with Crippen LogP contribution in [0.1, 0.15) is 43.3 Å². The fourth-order valence-electron chi connectivity index (χ4n) is 4.07. The van der Waals surface area contributed by atoms with Crippen LogP contribution in [0, 0.1) is 18.6 Å². The van der Waals surface area contributed by atoms with Gasteiger partial charge in [-0.15, -0.1) is 0 Å². The monoisotopic (exact) mass is 465 g/mol. The third-order valence-corrected chi connectivity index (χ3v) is 6.23. The first-order valence-corrected chi connectivity index (χ1v) is 11.8. The summed E-state index contributed by atoms with van der Waals surface area (Å²) in [6.45, 7) is 11.6. The molecular formula is C24H31N7OS. The van der Waals surface area contributed by atoms with E-state index in [0.717, 1.165) is 47.4 Å². The zero-order valence-electron chi connectivity index (χ0n) is 19.7. The smallest absolute Gasteiger partial charge is 0.224 e. The van der Waals surface area contributed by atoms with Gasteiger partial charge in [-0.05, 0) is 32.1 Å². The number of H-pyrrole nitrogens is 1. The lowest BCUT2D eigenvalue weighted by atomic mass is 10.1. The molecule has 0 atom stereocenters. The van der Waals surface area contributed by atoms with Gasteiger partial charge in [0.2, 0.25) is 5.91 Å². The number of benzene rings is 1. The molecule has 1 amide bonds. The molecule has 3 heterocycles. The molecule has 1 aliphatic heterocycles. The van der Waals surface area contributed by atoms with Crippen molar-refractivity contribution in [1.29, 1.82) is 0 Å². The van der Waals surface area contributed by atoms with Crippen molar-refractivity contribution in [3.05, 3.63) is 52.2 Å². The van der Waals surface area contributed by atoms with Crippen molar-refractivity contribution < 1.29 is 4.79 Å². The second-order valence-corrected chi connectivity index (χ2v) is 9.26. The van der Waals surface area contributed by atoms with Crippen LogP contribution in [0.3, 0.4) is 0 Å². The van der Waals surface area contributed by atoms with E-state index in [-0.39, 0.29) is 11.8 Å². The first-order valence-electron chi connectivity index (χ1n) is 11.4. The average molecular weight is 466 g/mol. The Bertz CT molecular complexity index is 1190. The average Bonchev–Trinajstić information content (AvgIpc) is 3.17. The van der Waals surface area contributed by atoms with Crippen LogP contribution in [0.2, 0.25) is 0 Å². The van der Waals surface area contributed by atoms with E-state index in [1.807, 2.05) is 47.6 Å². The number of rotatable bonds is 6. The number of carbonyl (C=O) groups excluding carboxylic acids is 1. The minimum atomic E-state index is 0.134. The van der Waals surface area contributed by atoms with Crippen LogP contribution in [-0.4, -0.2) is 61.7 Å². The normalized spacial score (nSPS) is 14.2. The van der Waals surface area contributed by atoms with Gasteiger partial charge in [-0.25, -0.2) is 9.97 Å². The van der Waals surface area contributed by atoms with Gasteiger partial charge in [-0.3, -0.25) is 14.5 Å². The molecule has 1 aromatic carbocycles. The molecule has 0 radical (unpaired) electrons.